The van der Waals surface area contributed by atoms with Crippen LogP contribution in [0.1, 0.15) is 28.7 Å². The molecule has 1 heterocycles. The molecule has 0 radical (unpaired) electrons. The zero-order chi connectivity index (χ0) is 20.0. The molecule has 28 heavy (non-hydrogen) atoms. The van der Waals surface area contributed by atoms with Crippen molar-refractivity contribution in [1.29, 1.82) is 5.26 Å². The minimum Gasteiger partial charge on any atom is -0.245 e. The van der Waals surface area contributed by atoms with Gasteiger partial charge in [0, 0.05) is 12.4 Å². The maximum Gasteiger partial charge on any atom is 0.416 e. The second-order valence-corrected chi connectivity index (χ2v) is 6.68. The highest BCUT2D eigenvalue weighted by molar-refractivity contribution is 5.36. The summed E-state index contributed by atoms with van der Waals surface area (Å²) in [4.78, 5) is 8.04. The Bertz CT molecular complexity index is 933. The molecule has 0 aliphatic rings. The number of halogens is 3. The van der Waals surface area contributed by atoms with E-state index in [-0.39, 0.29) is 0 Å². The van der Waals surface area contributed by atoms with Crippen LogP contribution in [0.5, 0.6) is 0 Å². The van der Waals surface area contributed by atoms with Crippen molar-refractivity contribution in [3.05, 3.63) is 95.6 Å². The molecule has 0 N–H and O–H groups in total. The number of aryl methyl sites for hydroxylation is 1. The lowest BCUT2D eigenvalue weighted by molar-refractivity contribution is -0.137. The van der Waals surface area contributed by atoms with Crippen molar-refractivity contribution >= 4 is 0 Å². The van der Waals surface area contributed by atoms with Crippen LogP contribution in [0.2, 0.25) is 0 Å². The predicted molar refractivity (Wildman–Crippen MR) is 99.2 cm³/mol. The van der Waals surface area contributed by atoms with Gasteiger partial charge in [-0.2, -0.15) is 18.4 Å². The van der Waals surface area contributed by atoms with Crippen molar-refractivity contribution in [1.82, 2.24) is 9.97 Å². The van der Waals surface area contributed by atoms with E-state index >= 15 is 0 Å². The molecule has 1 unspecified atom stereocenters. The highest BCUT2D eigenvalue weighted by Crippen LogP contribution is 2.34. The Morgan fingerprint density at radius 3 is 2.04 bits per heavy atom. The van der Waals surface area contributed by atoms with Gasteiger partial charge in [0.05, 0.1) is 17.0 Å². The average Bonchev–Trinajstić information content (AvgIpc) is 2.72. The Kier molecular flexibility index (Phi) is 5.74. The van der Waals surface area contributed by atoms with Gasteiger partial charge in [-0.3, -0.25) is 0 Å². The lowest BCUT2D eigenvalue weighted by atomic mass is 9.73. The van der Waals surface area contributed by atoms with Crippen molar-refractivity contribution in [3.63, 3.8) is 0 Å². The van der Waals surface area contributed by atoms with Crippen molar-refractivity contribution in [2.75, 3.05) is 0 Å². The van der Waals surface area contributed by atoms with Crippen LogP contribution in [-0.4, -0.2) is 9.97 Å². The molecule has 3 nitrogen and oxygen atoms in total. The molecule has 0 saturated carbocycles. The molecule has 0 amide bonds. The number of rotatable bonds is 6. The molecule has 0 saturated heterocycles. The maximum atomic E-state index is 12.8. The molecule has 6 heteroatoms. The summed E-state index contributed by atoms with van der Waals surface area (Å²) in [6.07, 6.45) is 1.81. The summed E-state index contributed by atoms with van der Waals surface area (Å²) in [6.45, 7) is 0. The van der Waals surface area contributed by atoms with Gasteiger partial charge in [0.2, 0.25) is 0 Å². The zero-order valence-corrected chi connectivity index (χ0v) is 15.0. The van der Waals surface area contributed by atoms with E-state index in [1.54, 1.807) is 12.4 Å². The fourth-order valence-electron chi connectivity index (χ4n) is 3.24. The molecule has 142 valence electrons. The van der Waals surface area contributed by atoms with Crippen LogP contribution in [0.4, 0.5) is 13.2 Å². The van der Waals surface area contributed by atoms with Gasteiger partial charge >= 0.3 is 6.18 Å². The molecule has 1 aromatic heterocycles. The third kappa shape index (κ3) is 4.55. The van der Waals surface area contributed by atoms with Gasteiger partial charge in [0.25, 0.3) is 0 Å². The van der Waals surface area contributed by atoms with E-state index in [4.69, 9.17) is 0 Å². The molecule has 0 aliphatic heterocycles. The van der Waals surface area contributed by atoms with E-state index in [0.29, 0.717) is 19.3 Å². The summed E-state index contributed by atoms with van der Waals surface area (Å²) < 4.78 is 38.3. The largest absolute Gasteiger partial charge is 0.416 e. The number of alkyl halides is 3. The minimum atomic E-state index is -4.35. The van der Waals surface area contributed by atoms with Gasteiger partial charge in [-0.05, 0) is 48.1 Å². The van der Waals surface area contributed by atoms with E-state index in [9.17, 15) is 18.4 Å². The molecule has 0 aliphatic carbocycles. The predicted octanol–water partition coefficient (Wildman–Crippen LogP) is 5.13. The normalized spacial score (nSPS) is 13.5. The van der Waals surface area contributed by atoms with Crippen LogP contribution < -0.4 is 0 Å². The van der Waals surface area contributed by atoms with E-state index in [0.717, 1.165) is 28.8 Å². The first-order valence-corrected chi connectivity index (χ1v) is 8.80. The summed E-state index contributed by atoms with van der Waals surface area (Å²) in [6, 6.07) is 17.0. The first-order valence-electron chi connectivity index (χ1n) is 8.80. The van der Waals surface area contributed by atoms with Crippen LogP contribution >= 0.6 is 0 Å². The van der Waals surface area contributed by atoms with E-state index in [2.05, 4.69) is 16.0 Å². The lowest BCUT2D eigenvalue weighted by Gasteiger charge is -2.27. The first-order chi connectivity index (χ1) is 13.4. The summed E-state index contributed by atoms with van der Waals surface area (Å²) in [7, 11) is 0. The lowest BCUT2D eigenvalue weighted by Crippen LogP contribution is -2.28. The first kappa shape index (κ1) is 19.6. The number of aromatic nitrogens is 2. The molecule has 3 rings (SSSR count). The molecular weight excluding hydrogens is 363 g/mol. The van der Waals surface area contributed by atoms with Crippen LogP contribution in [0.3, 0.4) is 0 Å². The number of hydrogen-bond acceptors (Lipinski definition) is 3. The highest BCUT2D eigenvalue weighted by atomic mass is 19.4. The number of benzene rings is 2. The van der Waals surface area contributed by atoms with Crippen molar-refractivity contribution in [2.45, 2.75) is 30.9 Å². The molecule has 0 spiro atoms. The molecule has 1 atom stereocenters. The van der Waals surface area contributed by atoms with Gasteiger partial charge in [-0.15, -0.1) is 0 Å². The SMILES string of the molecule is N#CC(CCc1ccc(C(F)(F)F)cc1)(Cc1cncnc1)c1ccccc1. The molecule has 0 fully saturated rings. The third-order valence-corrected chi connectivity index (χ3v) is 4.78. The van der Waals surface area contributed by atoms with Crippen LogP contribution in [0.25, 0.3) is 0 Å². The van der Waals surface area contributed by atoms with Gasteiger partial charge < -0.3 is 0 Å². The van der Waals surface area contributed by atoms with E-state index < -0.39 is 17.2 Å². The summed E-state index contributed by atoms with van der Waals surface area (Å²) in [5, 5.41) is 10.1. The number of nitrogens with zero attached hydrogens (tertiary/aromatic N) is 3. The van der Waals surface area contributed by atoms with Crippen LogP contribution in [0.15, 0.2) is 73.3 Å². The average molecular weight is 381 g/mol. The number of hydrogen-bond donors (Lipinski definition) is 0. The van der Waals surface area contributed by atoms with Gasteiger partial charge in [0.15, 0.2) is 0 Å². The third-order valence-electron chi connectivity index (χ3n) is 4.78. The van der Waals surface area contributed by atoms with Crippen LogP contribution in [0, 0.1) is 11.3 Å². The summed E-state index contributed by atoms with van der Waals surface area (Å²) in [5.41, 5.74) is 0.961. The Labute approximate surface area is 161 Å². The molecule has 0 bridgehead atoms. The Hall–Kier alpha value is -3.20. The van der Waals surface area contributed by atoms with Crippen molar-refractivity contribution in [3.8, 4) is 6.07 Å². The number of nitriles is 1. The Morgan fingerprint density at radius 1 is 0.821 bits per heavy atom. The van der Waals surface area contributed by atoms with E-state index in [1.165, 1.54) is 18.5 Å². The Balaban J connectivity index is 1.86. The molecular formula is C22H18F3N3. The standard InChI is InChI=1S/C22H18F3N3/c23-22(24,25)20-8-6-17(7-9-20)10-11-21(15-26,19-4-2-1-3-5-19)12-18-13-27-16-28-14-18/h1-9,13-14,16H,10-12H2. The second-order valence-electron chi connectivity index (χ2n) is 6.68. The monoisotopic (exact) mass is 381 g/mol. The topological polar surface area (TPSA) is 49.6 Å². The van der Waals surface area contributed by atoms with Gasteiger partial charge in [-0.25, -0.2) is 9.97 Å². The smallest absolute Gasteiger partial charge is 0.245 e. The molecule has 3 aromatic rings. The van der Waals surface area contributed by atoms with Crippen molar-refractivity contribution < 1.29 is 13.2 Å². The second kappa shape index (κ2) is 8.22. The fraction of sp³-hybridized carbons (Fsp3) is 0.227. The van der Waals surface area contributed by atoms with Gasteiger partial charge in [0.1, 0.15) is 6.33 Å². The highest BCUT2D eigenvalue weighted by Gasteiger charge is 2.33. The minimum absolute atomic E-state index is 0.426. The summed E-state index contributed by atoms with van der Waals surface area (Å²) >= 11 is 0. The molecule has 2 aromatic carbocycles. The van der Waals surface area contributed by atoms with Crippen molar-refractivity contribution in [2.24, 2.45) is 0 Å². The Morgan fingerprint density at radius 2 is 1.46 bits per heavy atom. The van der Waals surface area contributed by atoms with Gasteiger partial charge in [-0.1, -0.05) is 42.5 Å². The van der Waals surface area contributed by atoms with E-state index in [1.807, 2.05) is 30.3 Å². The zero-order valence-electron chi connectivity index (χ0n) is 15.0. The van der Waals surface area contributed by atoms with Crippen LogP contribution in [-0.2, 0) is 24.4 Å². The maximum absolute atomic E-state index is 12.8. The quantitative estimate of drug-likeness (QED) is 0.595. The summed E-state index contributed by atoms with van der Waals surface area (Å²) in [5.74, 6) is 0. The fourth-order valence-corrected chi connectivity index (χ4v) is 3.24.